The van der Waals surface area contributed by atoms with Gasteiger partial charge in [0.05, 0.1) is 30.6 Å². The number of hydrogen-bond donors (Lipinski definition) is 0. The maximum absolute atomic E-state index is 6.20. The van der Waals surface area contributed by atoms with E-state index in [-0.39, 0.29) is 5.38 Å². The fourth-order valence-corrected chi connectivity index (χ4v) is 2.23. The molecule has 1 atom stereocenters. The molecular weight excluding hydrogens is 266 g/mol. The molecule has 2 aromatic rings. The van der Waals surface area contributed by atoms with Gasteiger partial charge in [-0.25, -0.2) is 9.66 Å². The molecule has 0 aliphatic rings. The monoisotopic (exact) mass is 283 g/mol. The topological polar surface area (TPSA) is 39.5 Å². The van der Waals surface area contributed by atoms with Crippen molar-refractivity contribution < 1.29 is 9.47 Å². The summed E-state index contributed by atoms with van der Waals surface area (Å²) in [4.78, 5) is 4.57. The lowest BCUT2D eigenvalue weighted by Gasteiger charge is -2.19. The number of nitrogens with zero attached hydrogens (tertiary/aromatic N) is 3. The van der Waals surface area contributed by atoms with E-state index in [2.05, 4.69) is 4.98 Å². The number of ether oxygens (including phenoxy) is 2. The fraction of sp³-hybridized carbons (Fsp3) is 0.462. The molecule has 1 heterocycles. The molecule has 0 saturated carbocycles. The summed E-state index contributed by atoms with van der Waals surface area (Å²) in [5.41, 5.74) is 1.76. The third kappa shape index (κ3) is 2.30. The van der Waals surface area contributed by atoms with E-state index in [0.29, 0.717) is 11.5 Å². The largest absolute Gasteiger partial charge is 0.493 e. The highest BCUT2D eigenvalue weighted by atomic mass is 35.5. The van der Waals surface area contributed by atoms with Crippen LogP contribution >= 0.6 is 11.6 Å². The van der Waals surface area contributed by atoms with Crippen LogP contribution in [0.1, 0.15) is 18.1 Å². The SMILES string of the molecule is COc1cc2nc(C(C)Cl)n(N(C)C)c2cc1OC. The van der Waals surface area contributed by atoms with Gasteiger partial charge in [0, 0.05) is 26.2 Å². The summed E-state index contributed by atoms with van der Waals surface area (Å²) >= 11 is 6.20. The molecule has 1 unspecified atom stereocenters. The summed E-state index contributed by atoms with van der Waals surface area (Å²) in [6, 6.07) is 3.76. The Kier molecular flexibility index (Phi) is 3.75. The minimum absolute atomic E-state index is 0.188. The standard InChI is InChI=1S/C13H18ClN3O2/c1-8(14)13-15-9-6-11(18-4)12(19-5)7-10(9)17(13)16(2)3/h6-8H,1-5H3. The highest BCUT2D eigenvalue weighted by Crippen LogP contribution is 2.34. The average Bonchev–Trinajstić information content (AvgIpc) is 2.75. The molecule has 0 bridgehead atoms. The van der Waals surface area contributed by atoms with Crippen LogP contribution in [0.15, 0.2) is 12.1 Å². The number of methoxy groups -OCH3 is 2. The lowest BCUT2D eigenvalue weighted by atomic mass is 10.2. The van der Waals surface area contributed by atoms with E-state index in [0.717, 1.165) is 16.9 Å². The van der Waals surface area contributed by atoms with Gasteiger partial charge in [0.25, 0.3) is 0 Å². The summed E-state index contributed by atoms with van der Waals surface area (Å²) < 4.78 is 12.6. The molecule has 104 valence electrons. The van der Waals surface area contributed by atoms with Gasteiger partial charge in [-0.15, -0.1) is 11.6 Å². The summed E-state index contributed by atoms with van der Waals surface area (Å²) in [5, 5.41) is 1.75. The van der Waals surface area contributed by atoms with Crippen molar-refractivity contribution in [2.75, 3.05) is 33.3 Å². The molecule has 1 aromatic heterocycles. The van der Waals surface area contributed by atoms with Gasteiger partial charge in [0.1, 0.15) is 5.82 Å². The van der Waals surface area contributed by atoms with Crippen molar-refractivity contribution in [1.82, 2.24) is 9.66 Å². The summed E-state index contributed by atoms with van der Waals surface area (Å²) in [5.74, 6) is 2.12. The van der Waals surface area contributed by atoms with E-state index in [1.807, 2.05) is 42.8 Å². The van der Waals surface area contributed by atoms with Crippen molar-refractivity contribution in [3.8, 4) is 11.5 Å². The second-order valence-corrected chi connectivity index (χ2v) is 5.10. The number of imidazole rings is 1. The average molecular weight is 284 g/mol. The number of benzene rings is 1. The molecule has 0 aliphatic carbocycles. The Labute approximate surface area is 117 Å². The second kappa shape index (κ2) is 5.17. The number of halogens is 1. The highest BCUT2D eigenvalue weighted by Gasteiger charge is 2.18. The summed E-state index contributed by atoms with van der Waals surface area (Å²) in [6.07, 6.45) is 0. The minimum Gasteiger partial charge on any atom is -0.493 e. The Hall–Kier alpha value is -1.62. The van der Waals surface area contributed by atoms with Crippen molar-refractivity contribution in [3.63, 3.8) is 0 Å². The third-order valence-electron chi connectivity index (χ3n) is 2.92. The molecule has 19 heavy (non-hydrogen) atoms. The van der Waals surface area contributed by atoms with Crippen LogP contribution in [0.25, 0.3) is 11.0 Å². The molecule has 0 N–H and O–H groups in total. The number of hydrogen-bond acceptors (Lipinski definition) is 4. The van der Waals surface area contributed by atoms with E-state index >= 15 is 0 Å². The first-order valence-electron chi connectivity index (χ1n) is 5.95. The lowest BCUT2D eigenvalue weighted by Crippen LogP contribution is -2.27. The van der Waals surface area contributed by atoms with Crippen molar-refractivity contribution in [1.29, 1.82) is 0 Å². The van der Waals surface area contributed by atoms with Gasteiger partial charge in [-0.2, -0.15) is 0 Å². The van der Waals surface area contributed by atoms with E-state index in [1.54, 1.807) is 14.2 Å². The molecule has 0 saturated heterocycles. The maximum Gasteiger partial charge on any atom is 0.163 e. The molecule has 5 nitrogen and oxygen atoms in total. The summed E-state index contributed by atoms with van der Waals surface area (Å²) in [6.45, 7) is 1.90. The van der Waals surface area contributed by atoms with E-state index in [9.17, 15) is 0 Å². The molecule has 2 rings (SSSR count). The fourth-order valence-electron chi connectivity index (χ4n) is 2.09. The number of rotatable bonds is 4. The normalized spacial score (nSPS) is 12.5. The smallest absolute Gasteiger partial charge is 0.163 e. The van der Waals surface area contributed by atoms with Crippen LogP contribution in [0.2, 0.25) is 0 Å². The second-order valence-electron chi connectivity index (χ2n) is 4.44. The van der Waals surface area contributed by atoms with Crippen molar-refractivity contribution in [2.24, 2.45) is 0 Å². The first kappa shape index (κ1) is 13.8. The Balaban J connectivity index is 2.77. The highest BCUT2D eigenvalue weighted by molar-refractivity contribution is 6.20. The first-order valence-corrected chi connectivity index (χ1v) is 6.39. The lowest BCUT2D eigenvalue weighted by molar-refractivity contribution is 0.355. The zero-order valence-corrected chi connectivity index (χ0v) is 12.5. The number of alkyl halides is 1. The Bertz CT molecular complexity index is 593. The molecule has 0 radical (unpaired) electrons. The maximum atomic E-state index is 6.20. The molecule has 1 aromatic carbocycles. The Morgan fingerprint density at radius 2 is 1.79 bits per heavy atom. The first-order chi connectivity index (χ1) is 8.99. The van der Waals surface area contributed by atoms with Gasteiger partial charge >= 0.3 is 0 Å². The number of aromatic nitrogens is 2. The van der Waals surface area contributed by atoms with Crippen LogP contribution in [0.3, 0.4) is 0 Å². The van der Waals surface area contributed by atoms with Gasteiger partial charge < -0.3 is 14.5 Å². The van der Waals surface area contributed by atoms with Crippen LogP contribution < -0.4 is 14.5 Å². The molecular formula is C13H18ClN3O2. The molecule has 0 amide bonds. The van der Waals surface area contributed by atoms with E-state index in [1.165, 1.54) is 0 Å². The van der Waals surface area contributed by atoms with Crippen LogP contribution in [0, 0.1) is 0 Å². The van der Waals surface area contributed by atoms with E-state index < -0.39 is 0 Å². The predicted octanol–water partition coefficient (Wildman–Crippen LogP) is 2.55. The van der Waals surface area contributed by atoms with Crippen molar-refractivity contribution in [3.05, 3.63) is 18.0 Å². The third-order valence-corrected chi connectivity index (χ3v) is 3.11. The summed E-state index contributed by atoms with van der Waals surface area (Å²) in [7, 11) is 7.12. The van der Waals surface area contributed by atoms with Crippen LogP contribution in [-0.4, -0.2) is 38.0 Å². The number of fused-ring (bicyclic) bond motifs is 1. The van der Waals surface area contributed by atoms with Crippen LogP contribution in [0.4, 0.5) is 0 Å². The van der Waals surface area contributed by atoms with Crippen LogP contribution in [-0.2, 0) is 0 Å². The van der Waals surface area contributed by atoms with Gasteiger partial charge in [-0.3, -0.25) is 0 Å². The van der Waals surface area contributed by atoms with Crippen LogP contribution in [0.5, 0.6) is 11.5 Å². The van der Waals surface area contributed by atoms with Gasteiger partial charge in [-0.1, -0.05) is 0 Å². The van der Waals surface area contributed by atoms with Gasteiger partial charge in [0.2, 0.25) is 0 Å². The zero-order chi connectivity index (χ0) is 14.2. The van der Waals surface area contributed by atoms with Gasteiger partial charge in [-0.05, 0) is 6.92 Å². The quantitative estimate of drug-likeness (QED) is 0.809. The van der Waals surface area contributed by atoms with Crippen molar-refractivity contribution >= 4 is 22.6 Å². The minimum atomic E-state index is -0.188. The Morgan fingerprint density at radius 3 is 2.26 bits per heavy atom. The van der Waals surface area contributed by atoms with E-state index in [4.69, 9.17) is 21.1 Å². The zero-order valence-electron chi connectivity index (χ0n) is 11.8. The molecule has 0 aliphatic heterocycles. The predicted molar refractivity (Wildman–Crippen MR) is 77.2 cm³/mol. The molecule has 0 spiro atoms. The Morgan fingerprint density at radius 1 is 1.21 bits per heavy atom. The molecule has 0 fully saturated rings. The van der Waals surface area contributed by atoms with Gasteiger partial charge in [0.15, 0.2) is 11.5 Å². The van der Waals surface area contributed by atoms with Crippen molar-refractivity contribution in [2.45, 2.75) is 12.3 Å². The molecule has 6 heteroatoms.